The SMILES string of the molecule is Cn1c(CCC(N)=O)nnc1SCc1ccccc1. The number of amides is 1. The first-order valence-electron chi connectivity index (χ1n) is 6.00. The highest BCUT2D eigenvalue weighted by atomic mass is 32.2. The molecule has 1 aromatic carbocycles. The normalized spacial score (nSPS) is 10.6. The molecular formula is C13H16N4OS. The first-order chi connectivity index (χ1) is 9.16. The summed E-state index contributed by atoms with van der Waals surface area (Å²) in [4.78, 5) is 10.8. The van der Waals surface area contributed by atoms with E-state index >= 15 is 0 Å². The van der Waals surface area contributed by atoms with Crippen molar-refractivity contribution in [3.63, 3.8) is 0 Å². The van der Waals surface area contributed by atoms with Crippen molar-refractivity contribution < 1.29 is 4.79 Å². The van der Waals surface area contributed by atoms with E-state index in [0.29, 0.717) is 12.8 Å². The molecule has 0 spiro atoms. The minimum Gasteiger partial charge on any atom is -0.370 e. The summed E-state index contributed by atoms with van der Waals surface area (Å²) in [5.74, 6) is 1.32. The van der Waals surface area contributed by atoms with Gasteiger partial charge in [0.2, 0.25) is 5.91 Å². The van der Waals surface area contributed by atoms with Crippen LogP contribution in [-0.4, -0.2) is 20.7 Å². The van der Waals surface area contributed by atoms with E-state index < -0.39 is 0 Å². The van der Waals surface area contributed by atoms with Crippen LogP contribution in [0.15, 0.2) is 35.5 Å². The van der Waals surface area contributed by atoms with E-state index in [-0.39, 0.29) is 5.91 Å². The molecule has 2 rings (SSSR count). The molecule has 0 atom stereocenters. The maximum absolute atomic E-state index is 10.8. The number of rotatable bonds is 6. The molecule has 1 amide bonds. The van der Waals surface area contributed by atoms with Gasteiger partial charge in [0.15, 0.2) is 5.16 Å². The van der Waals surface area contributed by atoms with Gasteiger partial charge in [-0.05, 0) is 5.56 Å². The van der Waals surface area contributed by atoms with Crippen molar-refractivity contribution in [1.29, 1.82) is 0 Å². The van der Waals surface area contributed by atoms with Gasteiger partial charge in [-0.15, -0.1) is 10.2 Å². The zero-order chi connectivity index (χ0) is 13.7. The topological polar surface area (TPSA) is 73.8 Å². The van der Waals surface area contributed by atoms with E-state index in [1.807, 2.05) is 29.8 Å². The highest BCUT2D eigenvalue weighted by molar-refractivity contribution is 7.98. The van der Waals surface area contributed by atoms with Crippen LogP contribution in [0.1, 0.15) is 17.8 Å². The lowest BCUT2D eigenvalue weighted by Gasteiger charge is -2.03. The van der Waals surface area contributed by atoms with Gasteiger partial charge in [-0.2, -0.15) is 0 Å². The average Bonchev–Trinajstić information content (AvgIpc) is 2.76. The van der Waals surface area contributed by atoms with Crippen LogP contribution in [0, 0.1) is 0 Å². The van der Waals surface area contributed by atoms with E-state index in [1.54, 1.807) is 11.8 Å². The van der Waals surface area contributed by atoms with Crippen molar-refractivity contribution in [1.82, 2.24) is 14.8 Å². The monoisotopic (exact) mass is 276 g/mol. The molecule has 0 aliphatic heterocycles. The maximum atomic E-state index is 10.8. The summed E-state index contributed by atoms with van der Waals surface area (Å²) in [7, 11) is 1.91. The Hall–Kier alpha value is -1.82. The Morgan fingerprint density at radius 3 is 2.74 bits per heavy atom. The minimum atomic E-state index is -0.318. The molecule has 0 unspecified atom stereocenters. The third-order valence-corrected chi connectivity index (χ3v) is 3.82. The summed E-state index contributed by atoms with van der Waals surface area (Å²) < 4.78 is 1.91. The summed E-state index contributed by atoms with van der Waals surface area (Å²) in [6.07, 6.45) is 0.833. The molecule has 6 heteroatoms. The van der Waals surface area contributed by atoms with Crippen LogP contribution in [0.25, 0.3) is 0 Å². The van der Waals surface area contributed by atoms with Crippen LogP contribution in [-0.2, 0) is 24.0 Å². The molecule has 0 aliphatic rings. The van der Waals surface area contributed by atoms with Crippen molar-refractivity contribution in [2.75, 3.05) is 0 Å². The highest BCUT2D eigenvalue weighted by Gasteiger charge is 2.10. The predicted molar refractivity (Wildman–Crippen MR) is 74.5 cm³/mol. The van der Waals surface area contributed by atoms with Crippen LogP contribution in [0.2, 0.25) is 0 Å². The molecule has 19 heavy (non-hydrogen) atoms. The van der Waals surface area contributed by atoms with Crippen molar-refractivity contribution in [2.45, 2.75) is 23.8 Å². The van der Waals surface area contributed by atoms with Gasteiger partial charge < -0.3 is 10.3 Å². The Labute approximate surface area is 116 Å². The average molecular weight is 276 g/mol. The zero-order valence-electron chi connectivity index (χ0n) is 10.7. The fourth-order valence-electron chi connectivity index (χ4n) is 1.65. The van der Waals surface area contributed by atoms with Crippen LogP contribution >= 0.6 is 11.8 Å². The second kappa shape index (κ2) is 6.38. The van der Waals surface area contributed by atoms with Gasteiger partial charge in [-0.3, -0.25) is 4.79 Å². The third-order valence-electron chi connectivity index (χ3n) is 2.73. The van der Waals surface area contributed by atoms with Crippen LogP contribution in [0.5, 0.6) is 0 Å². The van der Waals surface area contributed by atoms with Crippen LogP contribution in [0.4, 0.5) is 0 Å². The van der Waals surface area contributed by atoms with Crippen molar-refractivity contribution in [2.24, 2.45) is 12.8 Å². The second-order valence-corrected chi connectivity index (χ2v) is 5.14. The number of thioether (sulfide) groups is 1. The molecule has 0 saturated carbocycles. The molecular weight excluding hydrogens is 260 g/mol. The number of hydrogen-bond donors (Lipinski definition) is 1. The second-order valence-electron chi connectivity index (χ2n) is 4.20. The van der Waals surface area contributed by atoms with Crippen LogP contribution in [0.3, 0.4) is 0 Å². The van der Waals surface area contributed by atoms with Gasteiger partial charge in [0.25, 0.3) is 0 Å². The molecule has 0 radical (unpaired) electrons. The van der Waals surface area contributed by atoms with E-state index in [2.05, 4.69) is 22.3 Å². The van der Waals surface area contributed by atoms with Crippen LogP contribution < -0.4 is 5.73 Å². The predicted octanol–water partition coefficient (Wildman–Crippen LogP) is 1.53. The van der Waals surface area contributed by atoms with Crippen molar-refractivity contribution in [3.05, 3.63) is 41.7 Å². The summed E-state index contributed by atoms with van der Waals surface area (Å²) in [5.41, 5.74) is 6.37. The number of carbonyl (C=O) groups excluding carboxylic acids is 1. The smallest absolute Gasteiger partial charge is 0.217 e. The molecule has 0 saturated heterocycles. The first kappa shape index (κ1) is 13.6. The van der Waals surface area contributed by atoms with Gasteiger partial charge in [-0.1, -0.05) is 42.1 Å². The Bertz CT molecular complexity index is 553. The van der Waals surface area contributed by atoms with E-state index in [0.717, 1.165) is 16.7 Å². The summed E-state index contributed by atoms with van der Waals surface area (Å²) in [5, 5.41) is 9.07. The fourth-order valence-corrected chi connectivity index (χ4v) is 2.53. The first-order valence-corrected chi connectivity index (χ1v) is 6.98. The van der Waals surface area contributed by atoms with Gasteiger partial charge in [-0.25, -0.2) is 0 Å². The highest BCUT2D eigenvalue weighted by Crippen LogP contribution is 2.21. The standard InChI is InChI=1S/C13H16N4OS/c1-17-12(8-7-11(14)18)15-16-13(17)19-9-10-5-3-2-4-6-10/h2-6H,7-9H2,1H3,(H2,14,18). The number of carbonyl (C=O) groups is 1. The maximum Gasteiger partial charge on any atom is 0.217 e. The molecule has 1 heterocycles. The van der Waals surface area contributed by atoms with Gasteiger partial charge >= 0.3 is 0 Å². The molecule has 5 nitrogen and oxygen atoms in total. The Balaban J connectivity index is 1.96. The number of aromatic nitrogens is 3. The van der Waals surface area contributed by atoms with Crippen molar-refractivity contribution >= 4 is 17.7 Å². The number of hydrogen-bond acceptors (Lipinski definition) is 4. The number of nitrogens with zero attached hydrogens (tertiary/aromatic N) is 3. The van der Waals surface area contributed by atoms with E-state index in [4.69, 9.17) is 5.73 Å². The lowest BCUT2D eigenvalue weighted by molar-refractivity contribution is -0.118. The Morgan fingerprint density at radius 2 is 2.05 bits per heavy atom. The Kier molecular flexibility index (Phi) is 4.57. The molecule has 1 aromatic heterocycles. The zero-order valence-corrected chi connectivity index (χ0v) is 11.6. The minimum absolute atomic E-state index is 0.301. The molecule has 2 aromatic rings. The summed E-state index contributed by atoms with van der Waals surface area (Å²) >= 11 is 1.63. The lowest BCUT2D eigenvalue weighted by atomic mass is 10.2. The number of primary amides is 1. The molecule has 0 aliphatic carbocycles. The van der Waals surface area contributed by atoms with Gasteiger partial charge in [0.1, 0.15) is 5.82 Å². The Morgan fingerprint density at radius 1 is 1.32 bits per heavy atom. The summed E-state index contributed by atoms with van der Waals surface area (Å²) in [6, 6.07) is 10.2. The quantitative estimate of drug-likeness (QED) is 0.812. The largest absolute Gasteiger partial charge is 0.370 e. The summed E-state index contributed by atoms with van der Waals surface area (Å²) in [6.45, 7) is 0. The molecule has 100 valence electrons. The number of benzene rings is 1. The molecule has 2 N–H and O–H groups in total. The third kappa shape index (κ3) is 3.82. The van der Waals surface area contributed by atoms with Gasteiger partial charge in [0, 0.05) is 25.6 Å². The number of nitrogens with two attached hydrogens (primary N) is 1. The lowest BCUT2D eigenvalue weighted by Crippen LogP contribution is -2.12. The molecule has 0 bridgehead atoms. The van der Waals surface area contributed by atoms with E-state index in [9.17, 15) is 4.79 Å². The van der Waals surface area contributed by atoms with Gasteiger partial charge in [0.05, 0.1) is 0 Å². The van der Waals surface area contributed by atoms with Crippen molar-refractivity contribution in [3.8, 4) is 0 Å². The van der Waals surface area contributed by atoms with E-state index in [1.165, 1.54) is 5.56 Å². The fraction of sp³-hybridized carbons (Fsp3) is 0.308. The molecule has 0 fully saturated rings. The number of aryl methyl sites for hydroxylation is 1.